The smallest absolute Gasteiger partial charge is 0.229 e. The van der Waals surface area contributed by atoms with Crippen molar-refractivity contribution in [1.29, 1.82) is 0 Å². The molecule has 0 radical (unpaired) electrons. The first-order valence-electron chi connectivity index (χ1n) is 6.44. The molecule has 0 aliphatic carbocycles. The molecule has 1 aliphatic heterocycles. The maximum atomic E-state index is 12.1. The molecule has 0 aromatic carbocycles. The zero-order valence-corrected chi connectivity index (χ0v) is 12.1. The lowest BCUT2D eigenvalue weighted by atomic mass is 9.93. The number of rotatable bonds is 2. The summed E-state index contributed by atoms with van der Waals surface area (Å²) in [6.07, 6.45) is 1.84. The highest BCUT2D eigenvalue weighted by Gasteiger charge is 2.23. The van der Waals surface area contributed by atoms with Gasteiger partial charge in [0.25, 0.3) is 0 Å². The summed E-state index contributed by atoms with van der Waals surface area (Å²) in [7, 11) is 0. The fourth-order valence-electron chi connectivity index (χ4n) is 1.97. The van der Waals surface area contributed by atoms with Gasteiger partial charge in [-0.3, -0.25) is 4.79 Å². The Kier molecular flexibility index (Phi) is 4.02. The van der Waals surface area contributed by atoms with Crippen LogP contribution in [0.1, 0.15) is 39.3 Å². The first-order chi connectivity index (χ1) is 8.47. The van der Waals surface area contributed by atoms with Crippen LogP contribution < -0.4 is 10.6 Å². The third-order valence-corrected chi connectivity index (χ3v) is 3.97. The lowest BCUT2D eigenvalue weighted by Crippen LogP contribution is -2.34. The van der Waals surface area contributed by atoms with Gasteiger partial charge < -0.3 is 10.6 Å². The van der Waals surface area contributed by atoms with E-state index in [9.17, 15) is 4.79 Å². The number of nitrogens with one attached hydrogen (secondary N) is 2. The van der Waals surface area contributed by atoms with Gasteiger partial charge in [-0.1, -0.05) is 20.8 Å². The van der Waals surface area contributed by atoms with Gasteiger partial charge in [-0.15, -0.1) is 11.3 Å². The minimum Gasteiger partial charge on any atom is -0.317 e. The van der Waals surface area contributed by atoms with Gasteiger partial charge in [0.1, 0.15) is 0 Å². The average Bonchev–Trinajstić information content (AvgIpc) is 2.78. The molecule has 1 fully saturated rings. The second kappa shape index (κ2) is 5.36. The second-order valence-corrected chi connectivity index (χ2v) is 6.66. The normalized spacial score (nSPS) is 17.7. The van der Waals surface area contributed by atoms with Gasteiger partial charge in [-0.05, 0) is 25.9 Å². The van der Waals surface area contributed by atoms with Crippen molar-refractivity contribution in [3.8, 4) is 0 Å². The molecule has 1 amide bonds. The minimum absolute atomic E-state index is 0.0359. The van der Waals surface area contributed by atoms with Gasteiger partial charge >= 0.3 is 0 Å². The van der Waals surface area contributed by atoms with E-state index in [1.54, 1.807) is 0 Å². The fraction of sp³-hybridized carbons (Fsp3) is 0.692. The predicted octanol–water partition coefficient (Wildman–Crippen LogP) is 2.38. The highest BCUT2D eigenvalue weighted by Crippen LogP contribution is 2.27. The Bertz CT molecular complexity index is 416. The van der Waals surface area contributed by atoms with Gasteiger partial charge in [-0.2, -0.15) is 0 Å². The van der Waals surface area contributed by atoms with Crippen LogP contribution >= 0.6 is 11.3 Å². The first kappa shape index (κ1) is 13.5. The molecule has 0 atom stereocenters. The Morgan fingerprint density at radius 2 is 2.11 bits per heavy atom. The van der Waals surface area contributed by atoms with Gasteiger partial charge in [0, 0.05) is 16.7 Å². The summed E-state index contributed by atoms with van der Waals surface area (Å²) < 4.78 is 0. The van der Waals surface area contributed by atoms with Crippen LogP contribution in [0.5, 0.6) is 0 Å². The molecule has 1 aliphatic rings. The number of hydrogen-bond donors (Lipinski definition) is 2. The van der Waals surface area contributed by atoms with Crippen molar-refractivity contribution >= 4 is 22.4 Å². The van der Waals surface area contributed by atoms with E-state index in [4.69, 9.17) is 0 Å². The Labute approximate surface area is 112 Å². The lowest BCUT2D eigenvalue weighted by molar-refractivity contribution is -0.120. The van der Waals surface area contributed by atoms with E-state index < -0.39 is 0 Å². The number of anilines is 1. The molecule has 0 spiro atoms. The summed E-state index contributed by atoms with van der Waals surface area (Å²) >= 11 is 1.51. The highest BCUT2D eigenvalue weighted by atomic mass is 32.1. The Balaban J connectivity index is 1.96. The number of amides is 1. The van der Waals surface area contributed by atoms with E-state index in [-0.39, 0.29) is 17.2 Å². The molecule has 2 heterocycles. The van der Waals surface area contributed by atoms with Gasteiger partial charge in [0.15, 0.2) is 5.13 Å². The van der Waals surface area contributed by atoms with Crippen molar-refractivity contribution in [1.82, 2.24) is 10.3 Å². The molecular formula is C13H21N3OS. The molecule has 18 heavy (non-hydrogen) atoms. The summed E-state index contributed by atoms with van der Waals surface area (Å²) in [5, 5.41) is 8.96. The van der Waals surface area contributed by atoms with E-state index in [0.717, 1.165) is 36.8 Å². The molecule has 2 N–H and O–H groups in total. The lowest BCUT2D eigenvalue weighted by Gasteiger charge is -2.21. The molecular weight excluding hydrogens is 246 g/mol. The number of thiazole rings is 1. The molecule has 1 aromatic heterocycles. The monoisotopic (exact) mass is 267 g/mol. The number of aromatic nitrogens is 1. The van der Waals surface area contributed by atoms with Gasteiger partial charge in [-0.25, -0.2) is 4.98 Å². The molecule has 0 unspecified atom stereocenters. The molecule has 0 saturated carbocycles. The number of carbonyl (C=O) groups excluding carboxylic acids is 1. The largest absolute Gasteiger partial charge is 0.317 e. The summed E-state index contributed by atoms with van der Waals surface area (Å²) in [5.41, 5.74) is 1.07. The minimum atomic E-state index is 0.0359. The standard InChI is InChI=1S/C13H21N3OS/c1-13(2,3)10-8-18-12(15-10)16-11(17)9-4-6-14-7-5-9/h8-9,14H,4-7H2,1-3H3,(H,15,16,17). The molecule has 0 bridgehead atoms. The highest BCUT2D eigenvalue weighted by molar-refractivity contribution is 7.13. The topological polar surface area (TPSA) is 54.0 Å². The van der Waals surface area contributed by atoms with E-state index >= 15 is 0 Å². The summed E-state index contributed by atoms with van der Waals surface area (Å²) in [6.45, 7) is 8.24. The maximum absolute atomic E-state index is 12.1. The Hall–Kier alpha value is -0.940. The third-order valence-electron chi connectivity index (χ3n) is 3.21. The van der Waals surface area contributed by atoms with Crippen LogP contribution in [0, 0.1) is 5.92 Å². The van der Waals surface area contributed by atoms with Crippen LogP contribution in [-0.4, -0.2) is 24.0 Å². The quantitative estimate of drug-likeness (QED) is 0.865. The number of hydrogen-bond acceptors (Lipinski definition) is 4. The van der Waals surface area contributed by atoms with Crippen LogP contribution in [0.2, 0.25) is 0 Å². The van der Waals surface area contributed by atoms with Crippen LogP contribution in [-0.2, 0) is 10.2 Å². The first-order valence-corrected chi connectivity index (χ1v) is 7.32. The van der Waals surface area contributed by atoms with E-state index in [0.29, 0.717) is 0 Å². The van der Waals surface area contributed by atoms with Crippen molar-refractivity contribution in [2.45, 2.75) is 39.0 Å². The third kappa shape index (κ3) is 3.29. The van der Waals surface area contributed by atoms with Crippen molar-refractivity contribution in [2.75, 3.05) is 18.4 Å². The maximum Gasteiger partial charge on any atom is 0.229 e. The van der Waals surface area contributed by atoms with Crippen LogP contribution in [0.3, 0.4) is 0 Å². The summed E-state index contributed by atoms with van der Waals surface area (Å²) in [6, 6.07) is 0. The Morgan fingerprint density at radius 3 is 2.67 bits per heavy atom. The van der Waals surface area contributed by atoms with Crippen molar-refractivity contribution in [3.05, 3.63) is 11.1 Å². The zero-order valence-electron chi connectivity index (χ0n) is 11.2. The van der Waals surface area contributed by atoms with Crippen molar-refractivity contribution in [3.63, 3.8) is 0 Å². The molecule has 4 nitrogen and oxygen atoms in total. The molecule has 5 heteroatoms. The van der Waals surface area contributed by atoms with Crippen LogP contribution in [0.4, 0.5) is 5.13 Å². The van der Waals surface area contributed by atoms with Crippen LogP contribution in [0.15, 0.2) is 5.38 Å². The van der Waals surface area contributed by atoms with Crippen molar-refractivity contribution < 1.29 is 4.79 Å². The summed E-state index contributed by atoms with van der Waals surface area (Å²) in [5.74, 6) is 0.250. The summed E-state index contributed by atoms with van der Waals surface area (Å²) in [4.78, 5) is 16.5. The van der Waals surface area contributed by atoms with Gasteiger partial charge in [0.05, 0.1) is 5.69 Å². The molecule has 1 saturated heterocycles. The van der Waals surface area contributed by atoms with Crippen molar-refractivity contribution in [2.24, 2.45) is 5.92 Å². The SMILES string of the molecule is CC(C)(C)c1csc(NC(=O)C2CCNCC2)n1. The van der Waals surface area contributed by atoms with Gasteiger partial charge in [0.2, 0.25) is 5.91 Å². The van der Waals surface area contributed by atoms with Crippen LogP contribution in [0.25, 0.3) is 0 Å². The predicted molar refractivity (Wildman–Crippen MR) is 75.0 cm³/mol. The molecule has 1 aromatic rings. The van der Waals surface area contributed by atoms with E-state index in [1.807, 2.05) is 5.38 Å². The van der Waals surface area contributed by atoms with E-state index in [1.165, 1.54) is 11.3 Å². The molecule has 2 rings (SSSR count). The number of nitrogens with zero attached hydrogens (tertiary/aromatic N) is 1. The average molecular weight is 267 g/mol. The fourth-order valence-corrected chi connectivity index (χ4v) is 2.91. The van der Waals surface area contributed by atoms with E-state index in [2.05, 4.69) is 36.4 Å². The number of piperidine rings is 1. The molecule has 100 valence electrons. The second-order valence-electron chi connectivity index (χ2n) is 5.80. The Morgan fingerprint density at radius 1 is 1.44 bits per heavy atom. The number of carbonyl (C=O) groups is 1. The zero-order chi connectivity index (χ0) is 13.2.